The van der Waals surface area contributed by atoms with Gasteiger partial charge in [-0.3, -0.25) is 4.79 Å². The number of hydrogen-bond acceptors (Lipinski definition) is 3. The van der Waals surface area contributed by atoms with Gasteiger partial charge in [0.2, 0.25) is 5.91 Å². The number of carbonyl (C=O) groups is 1. The van der Waals surface area contributed by atoms with Gasteiger partial charge in [0.25, 0.3) is 0 Å². The first kappa shape index (κ1) is 13.4. The van der Waals surface area contributed by atoms with Crippen molar-refractivity contribution in [2.45, 2.75) is 6.42 Å². The van der Waals surface area contributed by atoms with Gasteiger partial charge in [0.15, 0.2) is 0 Å². The number of halogens is 1. The molecule has 1 N–H and O–H groups in total. The van der Waals surface area contributed by atoms with E-state index in [0.717, 1.165) is 11.3 Å². The van der Waals surface area contributed by atoms with Crippen molar-refractivity contribution in [1.29, 1.82) is 0 Å². The average molecular weight is 277 g/mol. The summed E-state index contributed by atoms with van der Waals surface area (Å²) < 4.78 is 5.06. The molecule has 2 rings (SSSR count). The largest absolute Gasteiger partial charge is 0.497 e. The van der Waals surface area contributed by atoms with E-state index in [1.54, 1.807) is 25.3 Å². The van der Waals surface area contributed by atoms with Crippen molar-refractivity contribution in [2.75, 3.05) is 12.4 Å². The van der Waals surface area contributed by atoms with Crippen LogP contribution in [0.4, 0.5) is 5.82 Å². The molecule has 1 aromatic heterocycles. The maximum Gasteiger partial charge on any atom is 0.229 e. The lowest BCUT2D eigenvalue weighted by Gasteiger charge is -2.05. The zero-order valence-electron chi connectivity index (χ0n) is 10.4. The van der Waals surface area contributed by atoms with E-state index < -0.39 is 0 Å². The van der Waals surface area contributed by atoms with E-state index in [-0.39, 0.29) is 12.3 Å². The average Bonchev–Trinajstić information content (AvgIpc) is 2.39. The number of methoxy groups -OCH3 is 1. The Labute approximate surface area is 116 Å². The highest BCUT2D eigenvalue weighted by Crippen LogP contribution is 2.13. The standard InChI is InChI=1S/C14H13ClN2O2/c1-19-11-7-5-10(6-8-11)9-14(18)17-13-4-2-3-12(15)16-13/h2-8H,9H2,1H3,(H,16,17,18). The van der Waals surface area contributed by atoms with Gasteiger partial charge in [0.05, 0.1) is 13.5 Å². The van der Waals surface area contributed by atoms with Gasteiger partial charge < -0.3 is 10.1 Å². The first-order valence-electron chi connectivity index (χ1n) is 5.73. The topological polar surface area (TPSA) is 51.2 Å². The molecular formula is C14H13ClN2O2. The van der Waals surface area contributed by atoms with Gasteiger partial charge in [-0.15, -0.1) is 0 Å². The molecule has 0 aliphatic heterocycles. The van der Waals surface area contributed by atoms with Gasteiger partial charge >= 0.3 is 0 Å². The van der Waals surface area contributed by atoms with Crippen LogP contribution in [0.15, 0.2) is 42.5 Å². The van der Waals surface area contributed by atoms with Crippen LogP contribution in [-0.2, 0) is 11.2 Å². The van der Waals surface area contributed by atoms with Crippen LogP contribution in [0.5, 0.6) is 5.75 Å². The van der Waals surface area contributed by atoms with Crippen molar-refractivity contribution in [3.63, 3.8) is 0 Å². The van der Waals surface area contributed by atoms with Gasteiger partial charge in [-0.25, -0.2) is 4.98 Å². The number of nitrogens with one attached hydrogen (secondary N) is 1. The van der Waals surface area contributed by atoms with Crippen molar-refractivity contribution in [1.82, 2.24) is 4.98 Å². The van der Waals surface area contributed by atoms with E-state index in [1.165, 1.54) is 0 Å². The van der Waals surface area contributed by atoms with Crippen molar-refractivity contribution < 1.29 is 9.53 Å². The molecule has 5 heteroatoms. The Morgan fingerprint density at radius 2 is 2.00 bits per heavy atom. The second-order valence-electron chi connectivity index (χ2n) is 3.92. The fourth-order valence-electron chi connectivity index (χ4n) is 1.59. The summed E-state index contributed by atoms with van der Waals surface area (Å²) in [5, 5.41) is 3.04. The number of benzene rings is 1. The Hall–Kier alpha value is -2.07. The molecule has 0 saturated carbocycles. The fourth-order valence-corrected chi connectivity index (χ4v) is 1.76. The minimum atomic E-state index is -0.139. The molecule has 98 valence electrons. The van der Waals surface area contributed by atoms with Crippen LogP contribution in [0.3, 0.4) is 0 Å². The van der Waals surface area contributed by atoms with Gasteiger partial charge in [0, 0.05) is 0 Å². The summed E-state index contributed by atoms with van der Waals surface area (Å²) in [6, 6.07) is 12.4. The lowest BCUT2D eigenvalue weighted by Crippen LogP contribution is -2.15. The van der Waals surface area contributed by atoms with Crippen molar-refractivity contribution >= 4 is 23.3 Å². The third-order valence-corrected chi connectivity index (χ3v) is 2.72. The number of carbonyl (C=O) groups excluding carboxylic acids is 1. The number of pyridine rings is 1. The van der Waals surface area contributed by atoms with Crippen molar-refractivity contribution in [2.24, 2.45) is 0 Å². The summed E-state index contributed by atoms with van der Waals surface area (Å²) >= 11 is 5.75. The second-order valence-corrected chi connectivity index (χ2v) is 4.31. The molecule has 0 radical (unpaired) electrons. The SMILES string of the molecule is COc1ccc(CC(=O)Nc2cccc(Cl)n2)cc1. The van der Waals surface area contributed by atoms with Crippen LogP contribution >= 0.6 is 11.6 Å². The van der Waals surface area contributed by atoms with E-state index in [1.807, 2.05) is 24.3 Å². The van der Waals surface area contributed by atoms with Crippen molar-refractivity contribution in [3.8, 4) is 5.75 Å². The molecule has 0 aliphatic rings. The highest BCUT2D eigenvalue weighted by Gasteiger charge is 2.05. The quantitative estimate of drug-likeness (QED) is 0.874. The van der Waals surface area contributed by atoms with Crippen LogP contribution in [0, 0.1) is 0 Å². The van der Waals surface area contributed by atoms with E-state index in [2.05, 4.69) is 10.3 Å². The zero-order chi connectivity index (χ0) is 13.7. The number of anilines is 1. The van der Waals surface area contributed by atoms with Gasteiger partial charge in [0.1, 0.15) is 16.7 Å². The molecule has 0 spiro atoms. The van der Waals surface area contributed by atoms with E-state index in [4.69, 9.17) is 16.3 Å². The summed E-state index contributed by atoms with van der Waals surface area (Å²) in [4.78, 5) is 15.8. The monoisotopic (exact) mass is 276 g/mol. The Morgan fingerprint density at radius 3 is 2.63 bits per heavy atom. The number of aromatic nitrogens is 1. The van der Waals surface area contributed by atoms with Gasteiger partial charge in [-0.2, -0.15) is 0 Å². The molecule has 19 heavy (non-hydrogen) atoms. The molecule has 0 atom stereocenters. The fraction of sp³-hybridized carbons (Fsp3) is 0.143. The first-order valence-corrected chi connectivity index (χ1v) is 6.10. The molecule has 2 aromatic rings. The Bertz CT molecular complexity index is 570. The maximum absolute atomic E-state index is 11.8. The minimum Gasteiger partial charge on any atom is -0.497 e. The highest BCUT2D eigenvalue weighted by atomic mass is 35.5. The maximum atomic E-state index is 11.8. The number of nitrogens with zero attached hydrogens (tertiary/aromatic N) is 1. The summed E-state index contributed by atoms with van der Waals surface area (Å²) in [6.45, 7) is 0. The molecule has 4 nitrogen and oxygen atoms in total. The molecule has 1 heterocycles. The number of amides is 1. The molecule has 0 bridgehead atoms. The lowest BCUT2D eigenvalue weighted by atomic mass is 10.1. The third-order valence-electron chi connectivity index (χ3n) is 2.51. The summed E-state index contributed by atoms with van der Waals surface area (Å²) in [5.74, 6) is 1.08. The third kappa shape index (κ3) is 3.96. The van der Waals surface area contributed by atoms with Crippen molar-refractivity contribution in [3.05, 3.63) is 53.2 Å². The lowest BCUT2D eigenvalue weighted by molar-refractivity contribution is -0.115. The number of hydrogen-bond donors (Lipinski definition) is 1. The van der Waals surface area contributed by atoms with Crippen LogP contribution < -0.4 is 10.1 Å². The van der Waals surface area contributed by atoms with E-state index in [0.29, 0.717) is 11.0 Å². The predicted octanol–water partition coefficient (Wildman–Crippen LogP) is 2.92. The summed E-state index contributed by atoms with van der Waals surface area (Å²) in [5.41, 5.74) is 0.903. The summed E-state index contributed by atoms with van der Waals surface area (Å²) in [7, 11) is 1.60. The van der Waals surface area contributed by atoms with Crippen LogP contribution in [-0.4, -0.2) is 18.0 Å². The molecule has 0 fully saturated rings. The molecule has 0 saturated heterocycles. The highest BCUT2D eigenvalue weighted by molar-refractivity contribution is 6.29. The van der Waals surface area contributed by atoms with Crippen LogP contribution in [0.2, 0.25) is 5.15 Å². The first-order chi connectivity index (χ1) is 9.17. The van der Waals surface area contributed by atoms with E-state index >= 15 is 0 Å². The Morgan fingerprint density at radius 1 is 1.26 bits per heavy atom. The normalized spacial score (nSPS) is 10.0. The molecule has 0 aliphatic carbocycles. The molecule has 1 amide bonds. The minimum absolute atomic E-state index is 0.139. The Balaban J connectivity index is 1.97. The summed E-state index contributed by atoms with van der Waals surface area (Å²) in [6.07, 6.45) is 0.276. The zero-order valence-corrected chi connectivity index (χ0v) is 11.1. The Kier molecular flexibility index (Phi) is 4.36. The number of ether oxygens (including phenoxy) is 1. The van der Waals surface area contributed by atoms with Gasteiger partial charge in [-0.05, 0) is 29.8 Å². The van der Waals surface area contributed by atoms with Crippen LogP contribution in [0.25, 0.3) is 0 Å². The van der Waals surface area contributed by atoms with Gasteiger partial charge in [-0.1, -0.05) is 29.8 Å². The molecule has 0 unspecified atom stereocenters. The molecule has 1 aromatic carbocycles. The molecular weight excluding hydrogens is 264 g/mol. The van der Waals surface area contributed by atoms with Crippen LogP contribution in [0.1, 0.15) is 5.56 Å². The predicted molar refractivity (Wildman–Crippen MR) is 74.6 cm³/mol. The second kappa shape index (κ2) is 6.20. The smallest absolute Gasteiger partial charge is 0.229 e. The number of rotatable bonds is 4. The van der Waals surface area contributed by atoms with E-state index in [9.17, 15) is 4.79 Å².